The summed E-state index contributed by atoms with van der Waals surface area (Å²) in [5, 5.41) is 17.4. The number of nitrogens with one attached hydrogen (secondary N) is 2. The summed E-state index contributed by atoms with van der Waals surface area (Å²) in [4.78, 5) is 28.5. The Hall–Kier alpha value is -4.57. The Balaban J connectivity index is 1.21. The van der Waals surface area contributed by atoms with E-state index in [1.807, 2.05) is 49.4 Å². The lowest BCUT2D eigenvalue weighted by Gasteiger charge is -2.24. The van der Waals surface area contributed by atoms with Crippen molar-refractivity contribution in [3.8, 4) is 16.9 Å². The molecule has 45 heavy (non-hydrogen) atoms. The second kappa shape index (κ2) is 15.9. The van der Waals surface area contributed by atoms with Crippen LogP contribution in [0.1, 0.15) is 49.6 Å². The monoisotopic (exact) mass is 610 g/mol. The second-order valence-electron chi connectivity index (χ2n) is 11.6. The maximum Gasteiger partial charge on any atom is 0.271 e. The van der Waals surface area contributed by atoms with E-state index in [2.05, 4.69) is 37.6 Å². The van der Waals surface area contributed by atoms with Crippen molar-refractivity contribution in [1.29, 1.82) is 0 Å². The van der Waals surface area contributed by atoms with E-state index in [1.165, 1.54) is 11.9 Å². The van der Waals surface area contributed by atoms with Crippen LogP contribution in [0.3, 0.4) is 0 Å². The maximum absolute atomic E-state index is 12.8. The van der Waals surface area contributed by atoms with Crippen LogP contribution in [0.25, 0.3) is 11.1 Å². The zero-order valence-electron chi connectivity index (χ0n) is 26.3. The summed E-state index contributed by atoms with van der Waals surface area (Å²) >= 11 is 0. The Bertz CT molecular complexity index is 1530. The Morgan fingerprint density at radius 2 is 1.96 bits per heavy atom. The number of carbonyl (C=O) groups is 1. The number of carbonyl (C=O) groups excluding carboxylic acids is 1. The molecule has 1 atom stereocenters. The highest BCUT2D eigenvalue weighted by molar-refractivity contribution is 5.85. The smallest absolute Gasteiger partial charge is 0.271 e. The van der Waals surface area contributed by atoms with Crippen molar-refractivity contribution < 1.29 is 19.5 Å². The van der Waals surface area contributed by atoms with E-state index in [0.717, 1.165) is 84.0 Å². The number of ether oxygens (including phenoxy) is 1. The summed E-state index contributed by atoms with van der Waals surface area (Å²) < 4.78 is 6.95. The van der Waals surface area contributed by atoms with Crippen molar-refractivity contribution >= 4 is 17.4 Å². The molecule has 3 N–H and O–H groups in total. The van der Waals surface area contributed by atoms with Crippen molar-refractivity contribution in [3.63, 3.8) is 0 Å². The number of pyridine rings is 2. The van der Waals surface area contributed by atoms with Crippen molar-refractivity contribution in [2.75, 3.05) is 43.4 Å². The van der Waals surface area contributed by atoms with Crippen molar-refractivity contribution in [2.24, 2.45) is 0 Å². The molecule has 0 radical (unpaired) electrons. The van der Waals surface area contributed by atoms with Gasteiger partial charge in [-0.05, 0) is 81.8 Å². The molecule has 0 saturated heterocycles. The molecular weight excluding hydrogens is 566 g/mol. The lowest BCUT2D eigenvalue weighted by Crippen LogP contribution is -2.41. The SMILES string of the molecule is CC(=O)[C@H](CCN(CCCCc1ccc2c(n1)NCCC2)CCOc1ccc(C)nc1)Nc1c(-c2ccccc2)cnc[n+]1O. The fourth-order valence-corrected chi connectivity index (χ4v) is 5.56. The molecule has 0 amide bonds. The third kappa shape index (κ3) is 9.21. The first-order valence-corrected chi connectivity index (χ1v) is 15.9. The highest BCUT2D eigenvalue weighted by Gasteiger charge is 2.25. The number of aryl methyl sites for hydroxylation is 3. The van der Waals surface area contributed by atoms with Crippen molar-refractivity contribution in [2.45, 2.75) is 58.4 Å². The zero-order valence-corrected chi connectivity index (χ0v) is 26.3. The Morgan fingerprint density at radius 3 is 2.76 bits per heavy atom. The number of fused-ring (bicyclic) bond motifs is 1. The van der Waals surface area contributed by atoms with E-state index in [9.17, 15) is 10.0 Å². The lowest BCUT2D eigenvalue weighted by atomic mass is 10.1. The lowest BCUT2D eigenvalue weighted by molar-refractivity contribution is -0.895. The van der Waals surface area contributed by atoms with E-state index in [1.54, 1.807) is 19.3 Å². The van der Waals surface area contributed by atoms with E-state index >= 15 is 0 Å². The highest BCUT2D eigenvalue weighted by Crippen LogP contribution is 2.25. The highest BCUT2D eigenvalue weighted by atomic mass is 16.5. The second-order valence-corrected chi connectivity index (χ2v) is 11.6. The van der Waals surface area contributed by atoms with Gasteiger partial charge in [-0.15, -0.1) is 4.98 Å². The summed E-state index contributed by atoms with van der Waals surface area (Å²) in [5.41, 5.74) is 4.99. The standard InChI is InChI=1S/C35H43N7O3/c1-26-13-16-31(23-38-26)45-22-21-41(19-7-6-12-30-15-14-29-11-8-18-37-34(29)39-30)20-17-33(27(2)43)40-35-32(24-36-25-42(35)44)28-9-4-3-5-10-28/h3-5,9-10,13-16,23-25,33,44H,6-8,11-12,17-22H2,1-2H3,(H,37,39)/p+1/t33-/m0/s1. The van der Waals surface area contributed by atoms with Gasteiger partial charge in [0.1, 0.15) is 30.4 Å². The molecule has 0 aliphatic carbocycles. The fourth-order valence-electron chi connectivity index (χ4n) is 5.56. The van der Waals surface area contributed by atoms with Gasteiger partial charge in [0.25, 0.3) is 12.1 Å². The molecule has 0 saturated carbocycles. The number of nitrogens with zero attached hydrogens (tertiary/aromatic N) is 5. The van der Waals surface area contributed by atoms with E-state index in [-0.39, 0.29) is 5.78 Å². The number of hydrogen-bond acceptors (Lipinski definition) is 9. The quantitative estimate of drug-likeness (QED) is 0.0926. The number of ketones is 1. The summed E-state index contributed by atoms with van der Waals surface area (Å²) in [6.07, 6.45) is 10.5. The van der Waals surface area contributed by atoms with Crippen LogP contribution >= 0.6 is 0 Å². The molecule has 4 heterocycles. The Morgan fingerprint density at radius 1 is 1.09 bits per heavy atom. The molecule has 1 aliphatic heterocycles. The van der Waals surface area contributed by atoms with Gasteiger partial charge in [0.2, 0.25) is 0 Å². The van der Waals surface area contributed by atoms with Crippen LogP contribution in [0, 0.1) is 6.92 Å². The molecule has 0 fully saturated rings. The van der Waals surface area contributed by atoms with Crippen LogP contribution in [0.5, 0.6) is 5.75 Å². The van der Waals surface area contributed by atoms with Crippen LogP contribution in [0.15, 0.2) is 73.3 Å². The third-order valence-corrected chi connectivity index (χ3v) is 8.15. The molecule has 4 aromatic rings. The van der Waals surface area contributed by atoms with Gasteiger partial charge in [0, 0.05) is 37.4 Å². The normalized spacial score (nSPS) is 13.1. The number of unbranched alkanes of at least 4 members (excludes halogenated alkanes) is 1. The summed E-state index contributed by atoms with van der Waals surface area (Å²) in [5.74, 6) is 2.22. The van der Waals surface area contributed by atoms with Crippen molar-refractivity contribution in [3.05, 3.63) is 90.3 Å². The number of anilines is 2. The van der Waals surface area contributed by atoms with Gasteiger partial charge in [0.15, 0.2) is 5.78 Å². The molecule has 1 aliphatic rings. The van der Waals surface area contributed by atoms with Crippen LogP contribution < -0.4 is 20.1 Å². The maximum atomic E-state index is 12.8. The first-order valence-electron chi connectivity index (χ1n) is 15.9. The molecule has 0 unspecified atom stereocenters. The van der Waals surface area contributed by atoms with E-state index in [4.69, 9.17) is 9.72 Å². The fraction of sp³-hybridized carbons (Fsp3) is 0.400. The minimum absolute atomic E-state index is 0.000142. The predicted molar refractivity (Wildman–Crippen MR) is 175 cm³/mol. The molecule has 0 bridgehead atoms. The molecule has 0 spiro atoms. The summed E-state index contributed by atoms with van der Waals surface area (Å²) in [6, 6.07) is 17.5. The molecule has 1 aromatic carbocycles. The molecule has 236 valence electrons. The van der Waals surface area contributed by atoms with Gasteiger partial charge in [-0.25, -0.2) is 4.98 Å². The minimum Gasteiger partial charge on any atom is -0.491 e. The molecule has 5 rings (SSSR count). The average molecular weight is 611 g/mol. The number of hydrogen-bond donors (Lipinski definition) is 3. The summed E-state index contributed by atoms with van der Waals surface area (Å²) in [6.45, 7) is 7.31. The average Bonchev–Trinajstić information content (AvgIpc) is 3.06. The first-order chi connectivity index (χ1) is 22.0. The minimum atomic E-state index is -0.495. The number of rotatable bonds is 16. The molecule has 10 nitrogen and oxygen atoms in total. The third-order valence-electron chi connectivity index (χ3n) is 8.15. The van der Waals surface area contributed by atoms with Crippen LogP contribution in [-0.2, 0) is 17.6 Å². The Kier molecular flexibility index (Phi) is 11.3. The van der Waals surface area contributed by atoms with Gasteiger partial charge in [-0.1, -0.05) is 41.1 Å². The van der Waals surface area contributed by atoms with Crippen LogP contribution in [0.2, 0.25) is 0 Å². The van der Waals surface area contributed by atoms with Crippen molar-refractivity contribution in [1.82, 2.24) is 19.9 Å². The van der Waals surface area contributed by atoms with E-state index in [0.29, 0.717) is 31.9 Å². The molecule has 3 aromatic heterocycles. The van der Waals surface area contributed by atoms with Gasteiger partial charge < -0.3 is 15.3 Å². The largest absolute Gasteiger partial charge is 0.491 e. The number of Topliss-reactive ketones (excluding diaryl/α,β-unsaturated/α-hetero) is 1. The van der Waals surface area contributed by atoms with Gasteiger partial charge in [-0.2, -0.15) is 0 Å². The van der Waals surface area contributed by atoms with Gasteiger partial charge in [0.05, 0.1) is 11.8 Å². The molecular formula is C35H44N7O3+. The number of benzene rings is 1. The Labute approximate surface area is 265 Å². The van der Waals surface area contributed by atoms with Gasteiger partial charge >= 0.3 is 0 Å². The predicted octanol–water partition coefficient (Wildman–Crippen LogP) is 4.89. The topological polar surface area (TPSA) is 116 Å². The van der Waals surface area contributed by atoms with Crippen LogP contribution in [0.4, 0.5) is 11.6 Å². The first kappa shape index (κ1) is 31.8. The van der Waals surface area contributed by atoms with Gasteiger partial charge in [-0.3, -0.25) is 20.0 Å². The van der Waals surface area contributed by atoms with E-state index < -0.39 is 6.04 Å². The molecule has 10 heteroatoms. The summed E-state index contributed by atoms with van der Waals surface area (Å²) in [7, 11) is 0. The zero-order chi connectivity index (χ0) is 31.4. The number of aromatic nitrogens is 4. The van der Waals surface area contributed by atoms with Crippen LogP contribution in [-0.4, -0.2) is 69.7 Å².